The summed E-state index contributed by atoms with van der Waals surface area (Å²) in [6, 6.07) is 8.49. The van der Waals surface area contributed by atoms with Crippen molar-refractivity contribution in [3.8, 4) is 22.4 Å². The van der Waals surface area contributed by atoms with Crippen LogP contribution in [0.2, 0.25) is 0 Å². The predicted molar refractivity (Wildman–Crippen MR) is 148 cm³/mol. The third kappa shape index (κ3) is 5.93. The van der Waals surface area contributed by atoms with Crippen molar-refractivity contribution in [3.05, 3.63) is 70.7 Å². The van der Waals surface area contributed by atoms with Gasteiger partial charge in [0.25, 0.3) is 5.56 Å². The number of nitrogens with zero attached hydrogens (tertiary/aromatic N) is 4. The number of likely N-dealkylation sites (tertiary alicyclic amines) is 1. The zero-order valence-electron chi connectivity index (χ0n) is 22.6. The molecule has 3 aromatic heterocycles. The van der Waals surface area contributed by atoms with Crippen LogP contribution in [-0.2, 0) is 7.05 Å². The topological polar surface area (TPSA) is 66.8 Å². The number of hydrogen-bond donors (Lipinski definition) is 1. The Morgan fingerprint density at radius 3 is 2.46 bits per heavy atom. The van der Waals surface area contributed by atoms with Crippen LogP contribution in [-0.4, -0.2) is 50.2 Å². The minimum absolute atomic E-state index is 0.109. The van der Waals surface area contributed by atoms with Crippen molar-refractivity contribution in [3.63, 3.8) is 0 Å². The number of aromatic nitrogens is 4. The van der Waals surface area contributed by atoms with Crippen LogP contribution in [0.15, 0.2) is 54.0 Å². The van der Waals surface area contributed by atoms with Gasteiger partial charge in [0.2, 0.25) is 0 Å². The van der Waals surface area contributed by atoms with E-state index in [4.69, 9.17) is 0 Å². The van der Waals surface area contributed by atoms with Gasteiger partial charge in [0.1, 0.15) is 6.33 Å². The normalized spacial score (nSPS) is 15.5. The molecular weight excluding hydrogens is 503 g/mol. The lowest BCUT2D eigenvalue weighted by Gasteiger charge is -2.32. The number of fused-ring (bicyclic) bond motifs is 1. The maximum absolute atomic E-state index is 12.9. The van der Waals surface area contributed by atoms with Gasteiger partial charge in [-0.3, -0.25) is 4.79 Å². The summed E-state index contributed by atoms with van der Waals surface area (Å²) in [5, 5.41) is 1.17. The molecular formula is C30H34F3N5O. The van der Waals surface area contributed by atoms with Gasteiger partial charge in [-0.05, 0) is 80.1 Å². The number of benzene rings is 1. The summed E-state index contributed by atoms with van der Waals surface area (Å²) < 4.78 is 39.1. The first-order valence-corrected chi connectivity index (χ1v) is 13.5. The molecule has 39 heavy (non-hydrogen) atoms. The van der Waals surface area contributed by atoms with Gasteiger partial charge in [-0.15, -0.1) is 0 Å². The first-order chi connectivity index (χ1) is 18.6. The zero-order valence-corrected chi connectivity index (χ0v) is 22.6. The van der Waals surface area contributed by atoms with Crippen LogP contribution < -0.4 is 5.56 Å². The third-order valence-corrected chi connectivity index (χ3v) is 7.78. The first-order valence-electron chi connectivity index (χ1n) is 13.5. The van der Waals surface area contributed by atoms with E-state index in [1.165, 1.54) is 22.8 Å². The quantitative estimate of drug-likeness (QED) is 0.287. The summed E-state index contributed by atoms with van der Waals surface area (Å²) in [7, 11) is 1.75. The van der Waals surface area contributed by atoms with Crippen LogP contribution in [0, 0.1) is 0 Å². The Bertz CT molecular complexity index is 1500. The average molecular weight is 538 g/mol. The van der Waals surface area contributed by atoms with Crippen molar-refractivity contribution < 1.29 is 13.2 Å². The molecule has 0 atom stereocenters. The molecule has 1 aromatic carbocycles. The largest absolute Gasteiger partial charge is 0.389 e. The third-order valence-electron chi connectivity index (χ3n) is 7.78. The number of nitrogens with one attached hydrogen (secondary N) is 1. The van der Waals surface area contributed by atoms with E-state index in [0.717, 1.165) is 42.7 Å². The number of hydrogen-bond acceptors (Lipinski definition) is 4. The molecule has 206 valence electrons. The SMILES string of the molecule is CC(C)c1c(-c2cc(-c3cncnc3)c(=O)n(C)c2)[nH]c2ccc(C3CCN(CCCC(F)(F)F)CC3)cc12. The monoisotopic (exact) mass is 537 g/mol. The van der Waals surface area contributed by atoms with E-state index in [1.807, 2.05) is 12.3 Å². The van der Waals surface area contributed by atoms with Gasteiger partial charge in [0.05, 0.1) is 11.3 Å². The van der Waals surface area contributed by atoms with Gasteiger partial charge in [0, 0.05) is 54.1 Å². The molecule has 1 aliphatic heterocycles. The van der Waals surface area contributed by atoms with E-state index in [2.05, 4.69) is 51.9 Å². The molecule has 0 radical (unpaired) electrons. The molecule has 0 aliphatic carbocycles. The van der Waals surface area contributed by atoms with Crippen molar-refractivity contribution in [2.45, 2.75) is 57.5 Å². The fraction of sp³-hybridized carbons (Fsp3) is 0.433. The van der Waals surface area contributed by atoms with E-state index in [1.54, 1.807) is 24.0 Å². The molecule has 5 rings (SSSR count). The Morgan fingerprint density at radius 1 is 1.08 bits per heavy atom. The average Bonchev–Trinajstić information content (AvgIpc) is 3.29. The molecule has 6 nitrogen and oxygen atoms in total. The number of aromatic amines is 1. The Balaban J connectivity index is 1.43. The predicted octanol–water partition coefficient (Wildman–Crippen LogP) is 6.64. The highest BCUT2D eigenvalue weighted by atomic mass is 19.4. The van der Waals surface area contributed by atoms with Crippen LogP contribution >= 0.6 is 0 Å². The lowest BCUT2D eigenvalue weighted by Crippen LogP contribution is -2.34. The van der Waals surface area contributed by atoms with Crippen LogP contribution in [0.5, 0.6) is 0 Å². The smallest absolute Gasteiger partial charge is 0.354 e. The van der Waals surface area contributed by atoms with Crippen molar-refractivity contribution in [2.75, 3.05) is 19.6 Å². The minimum Gasteiger partial charge on any atom is -0.354 e. The van der Waals surface area contributed by atoms with E-state index in [9.17, 15) is 18.0 Å². The van der Waals surface area contributed by atoms with E-state index < -0.39 is 12.6 Å². The van der Waals surface area contributed by atoms with Gasteiger partial charge in [0.15, 0.2) is 0 Å². The fourth-order valence-corrected chi connectivity index (χ4v) is 5.80. The molecule has 0 spiro atoms. The maximum atomic E-state index is 12.9. The van der Waals surface area contributed by atoms with Crippen molar-refractivity contribution >= 4 is 10.9 Å². The number of halogens is 3. The highest BCUT2D eigenvalue weighted by Gasteiger charge is 2.28. The van der Waals surface area contributed by atoms with Gasteiger partial charge >= 0.3 is 6.18 Å². The lowest BCUT2D eigenvalue weighted by molar-refractivity contribution is -0.136. The highest BCUT2D eigenvalue weighted by Crippen LogP contribution is 2.39. The molecule has 1 aliphatic rings. The standard InChI is InChI=1S/C30H34F3N5O/c1-19(2)27-25-13-21(20-7-11-38(12-8-20)10-4-9-30(31,32)33)5-6-26(25)36-28(27)22-14-24(29(39)37(3)17-22)23-15-34-18-35-16-23/h5-6,13-20,36H,4,7-12H2,1-3H3. The molecule has 0 saturated carbocycles. The molecule has 4 aromatic rings. The van der Waals surface area contributed by atoms with Crippen molar-refractivity contribution in [1.82, 2.24) is 24.4 Å². The van der Waals surface area contributed by atoms with E-state index in [0.29, 0.717) is 23.6 Å². The van der Waals surface area contributed by atoms with Gasteiger partial charge in [-0.25, -0.2) is 9.97 Å². The Kier molecular flexibility index (Phi) is 7.62. The summed E-state index contributed by atoms with van der Waals surface area (Å²) in [5.74, 6) is 0.620. The summed E-state index contributed by atoms with van der Waals surface area (Å²) in [6.07, 6.45) is 3.85. The number of alkyl halides is 3. The van der Waals surface area contributed by atoms with Crippen LogP contribution in [0.25, 0.3) is 33.3 Å². The Morgan fingerprint density at radius 2 is 1.79 bits per heavy atom. The molecule has 0 bridgehead atoms. The van der Waals surface area contributed by atoms with Crippen molar-refractivity contribution in [2.24, 2.45) is 7.05 Å². The first kappa shape index (κ1) is 27.1. The molecule has 4 heterocycles. The van der Waals surface area contributed by atoms with Crippen molar-refractivity contribution in [1.29, 1.82) is 0 Å². The fourth-order valence-electron chi connectivity index (χ4n) is 5.80. The Hall–Kier alpha value is -3.46. The molecule has 1 fully saturated rings. The molecule has 1 saturated heterocycles. The minimum atomic E-state index is -4.08. The van der Waals surface area contributed by atoms with Gasteiger partial charge < -0.3 is 14.5 Å². The summed E-state index contributed by atoms with van der Waals surface area (Å²) in [4.78, 5) is 26.9. The van der Waals surface area contributed by atoms with E-state index in [-0.39, 0.29) is 17.9 Å². The second-order valence-corrected chi connectivity index (χ2v) is 10.9. The Labute approximate surface area is 225 Å². The number of rotatable bonds is 7. The number of pyridine rings is 1. The summed E-state index contributed by atoms with van der Waals surface area (Å²) in [5.41, 5.74) is 6.54. The summed E-state index contributed by atoms with van der Waals surface area (Å²) in [6.45, 7) is 6.49. The second-order valence-electron chi connectivity index (χ2n) is 10.9. The highest BCUT2D eigenvalue weighted by molar-refractivity contribution is 5.92. The zero-order chi connectivity index (χ0) is 27.7. The maximum Gasteiger partial charge on any atom is 0.389 e. The number of piperidine rings is 1. The van der Waals surface area contributed by atoms with Crippen LogP contribution in [0.3, 0.4) is 0 Å². The van der Waals surface area contributed by atoms with Gasteiger partial charge in [-0.1, -0.05) is 19.9 Å². The number of H-pyrrole nitrogens is 1. The molecule has 9 heteroatoms. The number of aryl methyl sites for hydroxylation is 1. The summed E-state index contributed by atoms with van der Waals surface area (Å²) >= 11 is 0. The lowest BCUT2D eigenvalue weighted by atomic mass is 9.87. The molecule has 0 unspecified atom stereocenters. The van der Waals surface area contributed by atoms with Gasteiger partial charge in [-0.2, -0.15) is 13.2 Å². The van der Waals surface area contributed by atoms with Crippen LogP contribution in [0.4, 0.5) is 13.2 Å². The molecule has 0 amide bonds. The van der Waals surface area contributed by atoms with Crippen LogP contribution in [0.1, 0.15) is 62.5 Å². The molecule has 1 N–H and O–H groups in total. The second kappa shape index (κ2) is 11.0. The van der Waals surface area contributed by atoms with E-state index >= 15 is 0 Å².